The molecule has 2 aromatic carbocycles. The van der Waals surface area contributed by atoms with Gasteiger partial charge in [-0.25, -0.2) is 0 Å². The van der Waals surface area contributed by atoms with Gasteiger partial charge in [0.15, 0.2) is 0 Å². The second kappa shape index (κ2) is 5.10. The fourth-order valence-corrected chi connectivity index (χ4v) is 2.06. The lowest BCUT2D eigenvalue weighted by Crippen LogP contribution is -1.84. The maximum absolute atomic E-state index is 5.87. The minimum absolute atomic E-state index is 0.526. The molecule has 0 atom stereocenters. The molecule has 3 rings (SSSR count). The molecule has 0 unspecified atom stereocenters. The Hall–Kier alpha value is -2.13. The van der Waals surface area contributed by atoms with E-state index in [-0.39, 0.29) is 0 Å². The van der Waals surface area contributed by atoms with E-state index in [1.54, 1.807) is 0 Å². The highest BCUT2D eigenvalue weighted by atomic mass is 35.5. The Labute approximate surface area is 122 Å². The first-order chi connectivity index (χ1) is 9.63. The molecule has 1 heterocycles. The summed E-state index contributed by atoms with van der Waals surface area (Å²) in [4.78, 5) is 4.43. The van der Waals surface area contributed by atoms with Crippen LogP contribution in [-0.4, -0.2) is 10.1 Å². The Balaban J connectivity index is 1.97. The molecule has 0 aliphatic carbocycles. The number of benzene rings is 2. The van der Waals surface area contributed by atoms with Crippen molar-refractivity contribution in [1.29, 1.82) is 0 Å². The first-order valence-electron chi connectivity index (χ1n) is 6.31. The van der Waals surface area contributed by atoms with E-state index in [9.17, 15) is 0 Å². The first kappa shape index (κ1) is 12.9. The molecule has 0 amide bonds. The lowest BCUT2D eigenvalue weighted by Gasteiger charge is -2.00. The highest BCUT2D eigenvalue weighted by Gasteiger charge is 2.11. The second-order valence-corrected chi connectivity index (χ2v) is 5.17. The zero-order chi connectivity index (χ0) is 14.1. The molecule has 0 aliphatic heterocycles. The third-order valence-electron chi connectivity index (χ3n) is 3.28. The molecule has 0 aliphatic rings. The van der Waals surface area contributed by atoms with Crippen molar-refractivity contribution in [1.82, 2.24) is 10.1 Å². The van der Waals surface area contributed by atoms with Crippen LogP contribution in [0.2, 0.25) is 5.02 Å². The third kappa shape index (κ3) is 2.45. The normalized spacial score (nSPS) is 10.8. The summed E-state index contributed by atoms with van der Waals surface area (Å²) in [5.74, 6) is 1.09. The number of rotatable bonds is 2. The summed E-state index contributed by atoms with van der Waals surface area (Å²) in [6, 6.07) is 13.5. The fourth-order valence-electron chi connectivity index (χ4n) is 1.93. The van der Waals surface area contributed by atoms with Gasteiger partial charge in [0.2, 0.25) is 5.82 Å². The van der Waals surface area contributed by atoms with Crippen LogP contribution >= 0.6 is 11.6 Å². The molecule has 0 fully saturated rings. The lowest BCUT2D eigenvalue weighted by atomic mass is 10.1. The molecule has 0 radical (unpaired) electrons. The van der Waals surface area contributed by atoms with Crippen LogP contribution in [0.15, 0.2) is 47.0 Å². The van der Waals surface area contributed by atoms with Crippen molar-refractivity contribution in [3.05, 3.63) is 58.6 Å². The molecule has 0 spiro atoms. The molecule has 0 saturated carbocycles. The Bertz CT molecular complexity index is 747. The minimum atomic E-state index is 0.526. The summed E-state index contributed by atoms with van der Waals surface area (Å²) in [6.45, 7) is 4.14. The summed E-state index contributed by atoms with van der Waals surface area (Å²) in [5.41, 5.74) is 4.26. The quantitative estimate of drug-likeness (QED) is 0.686. The monoisotopic (exact) mass is 284 g/mol. The standard InChI is InChI=1S/C16H13ClN2O/c1-10-3-4-13(9-11(10)2)16-18-15(19-20-16)12-5-7-14(17)8-6-12/h3-9H,1-2H3. The summed E-state index contributed by atoms with van der Waals surface area (Å²) in [5, 5.41) is 4.70. The number of hydrogen-bond donors (Lipinski definition) is 0. The molecule has 3 aromatic rings. The zero-order valence-corrected chi connectivity index (χ0v) is 12.0. The molecule has 4 heteroatoms. The number of nitrogens with zero attached hydrogens (tertiary/aromatic N) is 2. The van der Waals surface area contributed by atoms with Crippen LogP contribution in [0, 0.1) is 13.8 Å². The summed E-state index contributed by atoms with van der Waals surface area (Å²) >= 11 is 5.87. The molecule has 20 heavy (non-hydrogen) atoms. The average molecular weight is 285 g/mol. The van der Waals surface area contributed by atoms with Crippen molar-refractivity contribution in [3.8, 4) is 22.8 Å². The van der Waals surface area contributed by atoms with Crippen LogP contribution in [0.1, 0.15) is 11.1 Å². The van der Waals surface area contributed by atoms with Gasteiger partial charge in [-0.1, -0.05) is 22.8 Å². The van der Waals surface area contributed by atoms with Crippen molar-refractivity contribution in [2.75, 3.05) is 0 Å². The predicted molar refractivity (Wildman–Crippen MR) is 79.7 cm³/mol. The van der Waals surface area contributed by atoms with Crippen molar-refractivity contribution >= 4 is 11.6 Å². The van der Waals surface area contributed by atoms with E-state index in [2.05, 4.69) is 36.1 Å². The number of aryl methyl sites for hydroxylation is 2. The van der Waals surface area contributed by atoms with Crippen LogP contribution in [0.3, 0.4) is 0 Å². The van der Waals surface area contributed by atoms with Gasteiger partial charge in [-0.15, -0.1) is 0 Å². The van der Waals surface area contributed by atoms with Gasteiger partial charge >= 0.3 is 0 Å². The van der Waals surface area contributed by atoms with E-state index < -0.39 is 0 Å². The van der Waals surface area contributed by atoms with Crippen LogP contribution in [0.25, 0.3) is 22.8 Å². The van der Waals surface area contributed by atoms with E-state index in [4.69, 9.17) is 16.1 Å². The van der Waals surface area contributed by atoms with Crippen LogP contribution in [0.4, 0.5) is 0 Å². The van der Waals surface area contributed by atoms with E-state index in [0.29, 0.717) is 16.7 Å². The van der Waals surface area contributed by atoms with Gasteiger partial charge in [-0.05, 0) is 61.4 Å². The predicted octanol–water partition coefficient (Wildman–Crippen LogP) is 4.67. The molecule has 0 saturated heterocycles. The molecule has 0 N–H and O–H groups in total. The molecule has 3 nitrogen and oxygen atoms in total. The third-order valence-corrected chi connectivity index (χ3v) is 3.53. The SMILES string of the molecule is Cc1ccc(-c2nc(-c3ccc(Cl)cc3)no2)cc1C. The summed E-state index contributed by atoms with van der Waals surface area (Å²) in [6.07, 6.45) is 0. The van der Waals surface area contributed by atoms with Crippen LogP contribution in [-0.2, 0) is 0 Å². The van der Waals surface area contributed by atoms with Gasteiger partial charge in [0, 0.05) is 16.1 Å². The Morgan fingerprint density at radius 2 is 1.60 bits per heavy atom. The number of halogens is 1. The van der Waals surface area contributed by atoms with E-state index in [1.165, 1.54) is 11.1 Å². The minimum Gasteiger partial charge on any atom is -0.334 e. The average Bonchev–Trinajstić information content (AvgIpc) is 2.92. The highest BCUT2D eigenvalue weighted by Crippen LogP contribution is 2.24. The largest absolute Gasteiger partial charge is 0.334 e. The van der Waals surface area contributed by atoms with Crippen molar-refractivity contribution in [2.45, 2.75) is 13.8 Å². The van der Waals surface area contributed by atoms with Gasteiger partial charge in [0.05, 0.1) is 0 Å². The second-order valence-electron chi connectivity index (χ2n) is 4.73. The molecule has 100 valence electrons. The number of aromatic nitrogens is 2. The van der Waals surface area contributed by atoms with E-state index >= 15 is 0 Å². The lowest BCUT2D eigenvalue weighted by molar-refractivity contribution is 0.432. The molecular formula is C16H13ClN2O. The molecule has 0 bridgehead atoms. The first-order valence-corrected chi connectivity index (χ1v) is 6.68. The van der Waals surface area contributed by atoms with Crippen molar-refractivity contribution in [3.63, 3.8) is 0 Å². The van der Waals surface area contributed by atoms with Crippen LogP contribution in [0.5, 0.6) is 0 Å². The van der Waals surface area contributed by atoms with E-state index in [1.807, 2.05) is 30.3 Å². The number of hydrogen-bond acceptors (Lipinski definition) is 3. The molecule has 1 aromatic heterocycles. The maximum atomic E-state index is 5.87. The fraction of sp³-hybridized carbons (Fsp3) is 0.125. The smallest absolute Gasteiger partial charge is 0.258 e. The van der Waals surface area contributed by atoms with Gasteiger partial charge < -0.3 is 4.52 Å². The van der Waals surface area contributed by atoms with E-state index in [0.717, 1.165) is 11.1 Å². The molecular weight excluding hydrogens is 272 g/mol. The Morgan fingerprint density at radius 3 is 2.30 bits per heavy atom. The highest BCUT2D eigenvalue weighted by molar-refractivity contribution is 6.30. The Morgan fingerprint density at radius 1 is 0.900 bits per heavy atom. The van der Waals surface area contributed by atoms with Crippen LogP contribution < -0.4 is 0 Å². The topological polar surface area (TPSA) is 38.9 Å². The maximum Gasteiger partial charge on any atom is 0.258 e. The van der Waals surface area contributed by atoms with Gasteiger partial charge in [-0.3, -0.25) is 0 Å². The van der Waals surface area contributed by atoms with Crippen molar-refractivity contribution in [2.24, 2.45) is 0 Å². The summed E-state index contributed by atoms with van der Waals surface area (Å²) < 4.78 is 5.34. The zero-order valence-electron chi connectivity index (χ0n) is 11.2. The van der Waals surface area contributed by atoms with Gasteiger partial charge in [0.1, 0.15) is 0 Å². The van der Waals surface area contributed by atoms with Gasteiger partial charge in [-0.2, -0.15) is 4.98 Å². The Kier molecular flexibility index (Phi) is 3.28. The summed E-state index contributed by atoms with van der Waals surface area (Å²) in [7, 11) is 0. The van der Waals surface area contributed by atoms with Crippen molar-refractivity contribution < 1.29 is 4.52 Å². The van der Waals surface area contributed by atoms with Gasteiger partial charge in [0.25, 0.3) is 5.89 Å².